The van der Waals surface area contributed by atoms with Crippen LogP contribution < -0.4 is 9.47 Å². The van der Waals surface area contributed by atoms with Crippen LogP contribution in [0.5, 0.6) is 11.5 Å². The summed E-state index contributed by atoms with van der Waals surface area (Å²) < 4.78 is 24.7. The summed E-state index contributed by atoms with van der Waals surface area (Å²) in [4.78, 5) is 12.2. The fraction of sp³-hybridized carbons (Fsp3) is 0.0833. The number of allylic oxidation sites excluding steroid dienone is 1. The van der Waals surface area contributed by atoms with Gasteiger partial charge in [-0.15, -0.1) is 0 Å². The van der Waals surface area contributed by atoms with Crippen molar-refractivity contribution < 1.29 is 18.7 Å². The van der Waals surface area contributed by atoms with Crippen molar-refractivity contribution in [2.75, 3.05) is 7.11 Å². The number of esters is 1. The summed E-state index contributed by atoms with van der Waals surface area (Å²) in [7, 11) is 1.46. The molecule has 144 valence electrons. The van der Waals surface area contributed by atoms with Crippen molar-refractivity contribution in [2.24, 2.45) is 0 Å². The zero-order valence-electron chi connectivity index (χ0n) is 15.8. The number of carbonyl (C=O) groups excluding carboxylic acids is 1. The maximum absolute atomic E-state index is 14.0. The highest BCUT2D eigenvalue weighted by Crippen LogP contribution is 2.30. The summed E-state index contributed by atoms with van der Waals surface area (Å²) in [6, 6.07) is 22.3. The predicted molar refractivity (Wildman–Crippen MR) is 109 cm³/mol. The monoisotopic (exact) mass is 387 g/mol. The first-order valence-corrected chi connectivity index (χ1v) is 8.90. The molecule has 0 fully saturated rings. The minimum Gasteiger partial charge on any atom is -0.493 e. The molecule has 3 rings (SSSR count). The van der Waals surface area contributed by atoms with Gasteiger partial charge in [0.15, 0.2) is 11.5 Å². The van der Waals surface area contributed by atoms with E-state index in [4.69, 9.17) is 9.47 Å². The van der Waals surface area contributed by atoms with Crippen LogP contribution in [0.3, 0.4) is 0 Å². The number of hydrogen-bond donors (Lipinski definition) is 0. The molecule has 0 unspecified atom stereocenters. The fourth-order valence-electron chi connectivity index (χ4n) is 2.80. The van der Waals surface area contributed by atoms with E-state index in [9.17, 15) is 14.4 Å². The van der Waals surface area contributed by atoms with Crippen LogP contribution in [-0.2, 0) is 11.2 Å². The van der Waals surface area contributed by atoms with Gasteiger partial charge in [0, 0.05) is 5.56 Å². The van der Waals surface area contributed by atoms with E-state index in [1.54, 1.807) is 42.5 Å². The van der Waals surface area contributed by atoms with Crippen molar-refractivity contribution in [1.29, 1.82) is 5.26 Å². The van der Waals surface area contributed by atoms with E-state index in [0.717, 1.165) is 5.56 Å². The van der Waals surface area contributed by atoms with Crippen molar-refractivity contribution in [1.82, 2.24) is 0 Å². The average Bonchev–Trinajstić information content (AvgIpc) is 2.74. The molecule has 0 radical (unpaired) electrons. The van der Waals surface area contributed by atoms with Crippen LogP contribution in [0, 0.1) is 17.1 Å². The van der Waals surface area contributed by atoms with E-state index in [1.165, 1.54) is 13.2 Å². The topological polar surface area (TPSA) is 59.3 Å². The maximum atomic E-state index is 14.0. The highest BCUT2D eigenvalue weighted by Gasteiger charge is 2.12. The zero-order chi connectivity index (χ0) is 20.6. The van der Waals surface area contributed by atoms with Gasteiger partial charge in [0.2, 0.25) is 0 Å². The number of ether oxygens (including phenoxy) is 2. The van der Waals surface area contributed by atoms with Crippen LogP contribution in [0.4, 0.5) is 4.39 Å². The number of nitriles is 1. The number of carbonyl (C=O) groups is 1. The predicted octanol–water partition coefficient (Wildman–Crippen LogP) is 5.05. The van der Waals surface area contributed by atoms with Gasteiger partial charge in [-0.25, -0.2) is 4.39 Å². The molecule has 0 heterocycles. The van der Waals surface area contributed by atoms with Gasteiger partial charge < -0.3 is 9.47 Å². The maximum Gasteiger partial charge on any atom is 0.315 e. The molecule has 0 bridgehead atoms. The summed E-state index contributed by atoms with van der Waals surface area (Å²) in [5, 5.41) is 9.42. The molecule has 0 aliphatic rings. The molecular formula is C24H18FNO3. The first kappa shape index (κ1) is 19.8. The lowest BCUT2D eigenvalue weighted by molar-refractivity contribution is -0.133. The Labute approximate surface area is 168 Å². The summed E-state index contributed by atoms with van der Waals surface area (Å²) in [5.41, 5.74) is 1.86. The van der Waals surface area contributed by atoms with Gasteiger partial charge in [-0.3, -0.25) is 4.79 Å². The highest BCUT2D eigenvalue weighted by molar-refractivity contribution is 5.90. The molecule has 29 heavy (non-hydrogen) atoms. The molecule has 0 spiro atoms. The summed E-state index contributed by atoms with van der Waals surface area (Å²) in [5.74, 6) is -0.276. The van der Waals surface area contributed by atoms with Crippen LogP contribution in [0.15, 0.2) is 72.8 Å². The van der Waals surface area contributed by atoms with Crippen molar-refractivity contribution in [2.45, 2.75) is 6.42 Å². The van der Waals surface area contributed by atoms with Crippen molar-refractivity contribution in [3.8, 4) is 17.6 Å². The number of hydrogen-bond acceptors (Lipinski definition) is 4. The largest absolute Gasteiger partial charge is 0.493 e. The Morgan fingerprint density at radius 1 is 1.03 bits per heavy atom. The van der Waals surface area contributed by atoms with Crippen LogP contribution in [0.1, 0.15) is 16.7 Å². The second-order valence-electron chi connectivity index (χ2n) is 6.20. The summed E-state index contributed by atoms with van der Waals surface area (Å²) in [6.07, 6.45) is 1.69. The van der Waals surface area contributed by atoms with E-state index >= 15 is 0 Å². The Morgan fingerprint density at radius 3 is 2.45 bits per heavy atom. The normalized spacial score (nSPS) is 10.9. The highest BCUT2D eigenvalue weighted by atomic mass is 19.1. The zero-order valence-corrected chi connectivity index (χ0v) is 15.8. The molecule has 0 aliphatic carbocycles. The Balaban J connectivity index is 1.82. The van der Waals surface area contributed by atoms with Crippen molar-refractivity contribution in [3.05, 3.63) is 95.3 Å². The molecule has 0 saturated carbocycles. The number of halogens is 1. The number of rotatable bonds is 6. The van der Waals surface area contributed by atoms with Gasteiger partial charge in [0.1, 0.15) is 5.82 Å². The average molecular weight is 387 g/mol. The molecule has 4 nitrogen and oxygen atoms in total. The first-order chi connectivity index (χ1) is 14.1. The molecule has 3 aromatic carbocycles. The third kappa shape index (κ3) is 5.08. The fourth-order valence-corrected chi connectivity index (χ4v) is 2.80. The Morgan fingerprint density at radius 2 is 1.76 bits per heavy atom. The standard InChI is InChI=1S/C24H18FNO3/c1-28-23-14-18(13-19(16-26)20-9-5-6-10-21(20)25)11-12-22(23)29-24(27)15-17-7-3-2-4-8-17/h2-14H,15H2,1H3/b19-13-. The lowest BCUT2D eigenvalue weighted by Gasteiger charge is -2.10. The second-order valence-corrected chi connectivity index (χ2v) is 6.20. The summed E-state index contributed by atoms with van der Waals surface area (Å²) in [6.45, 7) is 0. The molecule has 0 atom stereocenters. The van der Waals surface area contributed by atoms with E-state index < -0.39 is 11.8 Å². The van der Waals surface area contributed by atoms with Crippen molar-refractivity contribution in [3.63, 3.8) is 0 Å². The van der Waals surface area contributed by atoms with Crippen molar-refractivity contribution >= 4 is 17.6 Å². The molecule has 3 aromatic rings. The molecule has 0 N–H and O–H groups in total. The third-order valence-electron chi connectivity index (χ3n) is 4.20. The second kappa shape index (κ2) is 9.34. The lowest BCUT2D eigenvalue weighted by Crippen LogP contribution is -2.11. The van der Waals surface area contributed by atoms with E-state index in [1.807, 2.05) is 36.4 Å². The smallest absolute Gasteiger partial charge is 0.315 e. The van der Waals surface area contributed by atoms with Gasteiger partial charge in [-0.1, -0.05) is 54.6 Å². The third-order valence-corrected chi connectivity index (χ3v) is 4.20. The minimum absolute atomic E-state index is 0.136. The molecule has 0 saturated heterocycles. The molecule has 0 amide bonds. The van der Waals surface area contributed by atoms with Crippen LogP contribution >= 0.6 is 0 Å². The number of nitrogens with zero attached hydrogens (tertiary/aromatic N) is 1. The van der Waals surface area contributed by atoms with Gasteiger partial charge in [-0.05, 0) is 35.4 Å². The first-order valence-electron chi connectivity index (χ1n) is 8.90. The number of methoxy groups -OCH3 is 1. The Hall–Kier alpha value is -3.91. The number of benzene rings is 3. The van der Waals surface area contributed by atoms with Gasteiger partial charge in [-0.2, -0.15) is 5.26 Å². The van der Waals surface area contributed by atoms with E-state index in [-0.39, 0.29) is 23.3 Å². The molecule has 5 heteroatoms. The Kier molecular flexibility index (Phi) is 6.39. The van der Waals surface area contributed by atoms with Crippen LogP contribution in [0.25, 0.3) is 11.6 Å². The Bertz CT molecular complexity index is 1080. The molecule has 0 aliphatic heterocycles. The van der Waals surface area contributed by atoms with Crippen LogP contribution in [0.2, 0.25) is 0 Å². The minimum atomic E-state index is -0.473. The van der Waals surface area contributed by atoms with E-state index in [0.29, 0.717) is 11.3 Å². The van der Waals surface area contributed by atoms with Gasteiger partial charge >= 0.3 is 5.97 Å². The lowest BCUT2D eigenvalue weighted by atomic mass is 10.0. The quantitative estimate of drug-likeness (QED) is 0.257. The molecular weight excluding hydrogens is 369 g/mol. The van der Waals surface area contributed by atoms with Crippen LogP contribution in [-0.4, -0.2) is 13.1 Å². The SMILES string of the molecule is COc1cc(/C=C(/C#N)c2ccccc2F)ccc1OC(=O)Cc1ccccc1. The van der Waals surface area contributed by atoms with E-state index in [2.05, 4.69) is 0 Å². The molecule has 0 aromatic heterocycles. The summed E-state index contributed by atoms with van der Waals surface area (Å²) >= 11 is 0. The van der Waals surface area contributed by atoms with Gasteiger partial charge in [0.25, 0.3) is 0 Å². The van der Waals surface area contributed by atoms with Gasteiger partial charge in [0.05, 0.1) is 25.2 Å².